The molecule has 1 aliphatic heterocycles. The fourth-order valence-electron chi connectivity index (χ4n) is 5.83. The molecule has 0 amide bonds. The molecular formula is C37H28BN3O2S. The topological polar surface area (TPSA) is 57.1 Å². The third-order valence-electron chi connectivity index (χ3n) is 7.93. The maximum atomic E-state index is 6.43. The monoisotopic (exact) mass is 589 g/mol. The van der Waals surface area contributed by atoms with Crippen LogP contribution >= 0.6 is 11.3 Å². The van der Waals surface area contributed by atoms with E-state index in [1.54, 1.807) is 11.3 Å². The minimum atomic E-state index is -0.445. The number of hydrogen-bond acceptors (Lipinski definition) is 6. The molecule has 0 saturated carbocycles. The van der Waals surface area contributed by atoms with Crippen molar-refractivity contribution in [3.05, 3.63) is 121 Å². The molecule has 1 aliphatic rings. The minimum absolute atomic E-state index is 0.353. The van der Waals surface area contributed by atoms with Crippen LogP contribution in [0.3, 0.4) is 0 Å². The normalized spacial score (nSPS) is 14.5. The van der Waals surface area contributed by atoms with Crippen molar-refractivity contribution < 1.29 is 9.31 Å². The van der Waals surface area contributed by atoms with Gasteiger partial charge in [-0.25, -0.2) is 15.0 Å². The van der Waals surface area contributed by atoms with Gasteiger partial charge >= 0.3 is 7.12 Å². The second kappa shape index (κ2) is 10.8. The van der Waals surface area contributed by atoms with Crippen molar-refractivity contribution in [2.75, 3.05) is 6.61 Å². The van der Waals surface area contributed by atoms with Gasteiger partial charge in [-0.1, -0.05) is 109 Å². The van der Waals surface area contributed by atoms with Crippen molar-refractivity contribution in [3.8, 4) is 45.3 Å². The highest BCUT2D eigenvalue weighted by atomic mass is 32.1. The Kier molecular flexibility index (Phi) is 6.60. The fraction of sp³-hybridized carbons (Fsp3) is 0.108. The van der Waals surface area contributed by atoms with Gasteiger partial charge in [0.05, 0.1) is 12.2 Å². The van der Waals surface area contributed by atoms with Crippen LogP contribution in [0.2, 0.25) is 0 Å². The van der Waals surface area contributed by atoms with E-state index in [2.05, 4.69) is 68.4 Å². The smallest absolute Gasteiger partial charge is 0.404 e. The number of thiophene rings is 1. The zero-order valence-corrected chi connectivity index (χ0v) is 25.2. The molecule has 7 aromatic rings. The molecule has 1 fully saturated rings. The van der Waals surface area contributed by atoms with Crippen LogP contribution in [0, 0.1) is 0 Å². The zero-order valence-electron chi connectivity index (χ0n) is 24.4. The summed E-state index contributed by atoms with van der Waals surface area (Å²) in [6, 6.07) is 41.6. The van der Waals surface area contributed by atoms with Gasteiger partial charge in [-0.05, 0) is 37.1 Å². The lowest BCUT2D eigenvalue weighted by Crippen LogP contribution is -2.34. The Bertz CT molecular complexity index is 2080. The third-order valence-corrected chi connectivity index (χ3v) is 9.15. The predicted octanol–water partition coefficient (Wildman–Crippen LogP) is 8.43. The number of benzene rings is 5. The Morgan fingerprint density at radius 2 is 1.23 bits per heavy atom. The van der Waals surface area contributed by atoms with Crippen molar-refractivity contribution >= 4 is 44.1 Å². The summed E-state index contributed by atoms with van der Waals surface area (Å²) in [6.07, 6.45) is 0. The minimum Gasteiger partial charge on any atom is -0.404 e. The number of aromatic nitrogens is 3. The van der Waals surface area contributed by atoms with Crippen molar-refractivity contribution in [1.29, 1.82) is 0 Å². The van der Waals surface area contributed by atoms with Gasteiger partial charge in [0.25, 0.3) is 0 Å². The fourth-order valence-corrected chi connectivity index (χ4v) is 7.06. The van der Waals surface area contributed by atoms with E-state index in [0.29, 0.717) is 24.1 Å². The molecule has 0 unspecified atom stereocenters. The predicted molar refractivity (Wildman–Crippen MR) is 181 cm³/mol. The Labute approximate surface area is 260 Å². The van der Waals surface area contributed by atoms with Gasteiger partial charge in [-0.15, -0.1) is 11.3 Å². The molecule has 5 aromatic carbocycles. The maximum absolute atomic E-state index is 6.43. The molecule has 3 heterocycles. The van der Waals surface area contributed by atoms with Crippen LogP contribution in [0.25, 0.3) is 65.5 Å². The van der Waals surface area contributed by atoms with Gasteiger partial charge in [-0.3, -0.25) is 0 Å². The SMILES string of the molecule is CC1(C)COB(c2cc(-c3ccccc3)cc3c2sc2cccc(-c4nc(-c5ccccc5)nc(-c5ccccc5)n4)c23)O1. The Morgan fingerprint density at radius 1 is 0.636 bits per heavy atom. The molecule has 7 heteroatoms. The number of hydrogen-bond donors (Lipinski definition) is 0. The van der Waals surface area contributed by atoms with E-state index in [0.717, 1.165) is 53.5 Å². The molecule has 5 nitrogen and oxygen atoms in total. The van der Waals surface area contributed by atoms with Crippen LogP contribution < -0.4 is 5.46 Å². The van der Waals surface area contributed by atoms with E-state index < -0.39 is 7.12 Å². The first-order valence-corrected chi connectivity index (χ1v) is 15.6. The first kappa shape index (κ1) is 26.9. The summed E-state index contributed by atoms with van der Waals surface area (Å²) in [4.78, 5) is 15.0. The molecule has 0 spiro atoms. The average Bonchev–Trinajstić information content (AvgIpc) is 3.64. The van der Waals surface area contributed by atoms with Gasteiger partial charge in [0.15, 0.2) is 17.5 Å². The lowest BCUT2D eigenvalue weighted by atomic mass is 9.77. The van der Waals surface area contributed by atoms with Crippen molar-refractivity contribution in [2.24, 2.45) is 0 Å². The summed E-state index contributed by atoms with van der Waals surface area (Å²) in [5.41, 5.74) is 5.81. The third kappa shape index (κ3) is 4.89. The molecule has 0 aliphatic carbocycles. The lowest BCUT2D eigenvalue weighted by molar-refractivity contribution is 0.137. The van der Waals surface area contributed by atoms with Crippen LogP contribution in [0.5, 0.6) is 0 Å². The van der Waals surface area contributed by atoms with Crippen LogP contribution in [0.1, 0.15) is 13.8 Å². The highest BCUT2D eigenvalue weighted by Gasteiger charge is 2.40. The first-order chi connectivity index (χ1) is 21.5. The zero-order chi connectivity index (χ0) is 29.7. The summed E-state index contributed by atoms with van der Waals surface area (Å²) in [5.74, 6) is 1.93. The van der Waals surface area contributed by atoms with Crippen LogP contribution in [-0.4, -0.2) is 34.3 Å². The Balaban J connectivity index is 1.40. The van der Waals surface area contributed by atoms with Crippen molar-refractivity contribution in [1.82, 2.24) is 15.0 Å². The summed E-state index contributed by atoms with van der Waals surface area (Å²) >= 11 is 1.76. The molecule has 8 rings (SSSR count). The molecule has 2 aromatic heterocycles. The highest BCUT2D eigenvalue weighted by Crippen LogP contribution is 2.41. The molecular weight excluding hydrogens is 561 g/mol. The molecule has 0 radical (unpaired) electrons. The second-order valence-electron chi connectivity index (χ2n) is 11.6. The Hall–Kier alpha value is -4.69. The van der Waals surface area contributed by atoms with Gasteiger partial charge in [0.2, 0.25) is 0 Å². The summed E-state index contributed by atoms with van der Waals surface area (Å²) < 4.78 is 15.0. The van der Waals surface area contributed by atoms with Gasteiger partial charge in [0, 0.05) is 42.3 Å². The number of fused-ring (bicyclic) bond motifs is 3. The molecule has 0 atom stereocenters. The van der Waals surface area contributed by atoms with E-state index in [9.17, 15) is 0 Å². The van der Waals surface area contributed by atoms with Gasteiger partial charge in [0.1, 0.15) is 0 Å². The summed E-state index contributed by atoms with van der Waals surface area (Å²) in [6.45, 7) is 4.69. The molecule has 1 saturated heterocycles. The average molecular weight is 590 g/mol. The van der Waals surface area contributed by atoms with E-state index in [1.165, 1.54) is 0 Å². The number of rotatable bonds is 5. The molecule has 212 valence electrons. The van der Waals surface area contributed by atoms with Gasteiger partial charge in [-0.2, -0.15) is 0 Å². The lowest BCUT2D eigenvalue weighted by Gasteiger charge is -2.16. The summed E-state index contributed by atoms with van der Waals surface area (Å²) in [5, 5.41) is 2.25. The largest absolute Gasteiger partial charge is 0.495 e. The quantitative estimate of drug-likeness (QED) is 0.189. The van der Waals surface area contributed by atoms with E-state index in [-0.39, 0.29) is 5.60 Å². The molecule has 0 N–H and O–H groups in total. The number of nitrogens with zero attached hydrogens (tertiary/aromatic N) is 3. The maximum Gasteiger partial charge on any atom is 0.495 e. The first-order valence-electron chi connectivity index (χ1n) is 14.7. The Morgan fingerprint density at radius 3 is 1.82 bits per heavy atom. The molecule has 44 heavy (non-hydrogen) atoms. The van der Waals surface area contributed by atoms with E-state index in [1.807, 2.05) is 66.7 Å². The molecule has 0 bridgehead atoms. The van der Waals surface area contributed by atoms with Gasteiger partial charge < -0.3 is 9.31 Å². The van der Waals surface area contributed by atoms with Crippen LogP contribution in [0.4, 0.5) is 0 Å². The van der Waals surface area contributed by atoms with E-state index in [4.69, 9.17) is 24.3 Å². The standard InChI is InChI=1S/C37H28BN3O2S/c1-37(2)23-42-38(43-37)30-22-27(24-13-6-3-7-14-24)21-29-32-28(19-12-20-31(32)44-33(29)30)36-40-34(25-15-8-4-9-16-25)39-35(41-36)26-17-10-5-11-18-26/h3-22H,23H2,1-2H3. The van der Waals surface area contributed by atoms with Crippen LogP contribution in [0.15, 0.2) is 121 Å². The second-order valence-corrected chi connectivity index (χ2v) is 12.7. The van der Waals surface area contributed by atoms with E-state index >= 15 is 0 Å². The van der Waals surface area contributed by atoms with Crippen LogP contribution in [-0.2, 0) is 9.31 Å². The highest BCUT2D eigenvalue weighted by molar-refractivity contribution is 7.27. The summed E-state index contributed by atoms with van der Waals surface area (Å²) in [7, 11) is -0.445. The van der Waals surface area contributed by atoms with Crippen molar-refractivity contribution in [3.63, 3.8) is 0 Å². The van der Waals surface area contributed by atoms with Crippen molar-refractivity contribution in [2.45, 2.75) is 19.4 Å².